The molecule has 0 bridgehead atoms. The van der Waals surface area contributed by atoms with E-state index in [-0.39, 0.29) is 0 Å². The SMILES string of the molecule is S=C(Nc1ncc[nH]1)c1cnsn1. The predicted octanol–water partition coefficient (Wildman–Crippen LogP) is 1.05. The number of anilines is 1. The minimum atomic E-state index is 0.517. The van der Waals surface area contributed by atoms with E-state index in [2.05, 4.69) is 24.0 Å². The van der Waals surface area contributed by atoms with E-state index in [1.807, 2.05) is 0 Å². The number of thiocarbonyl (C=S) groups is 1. The van der Waals surface area contributed by atoms with E-state index in [1.165, 1.54) is 0 Å². The molecule has 0 radical (unpaired) electrons. The molecule has 2 aromatic rings. The normalized spacial score (nSPS) is 9.85. The van der Waals surface area contributed by atoms with Gasteiger partial charge in [0.1, 0.15) is 10.7 Å². The topological polar surface area (TPSA) is 66.5 Å². The lowest BCUT2D eigenvalue weighted by Gasteiger charge is -1.99. The van der Waals surface area contributed by atoms with Crippen LogP contribution >= 0.6 is 23.9 Å². The van der Waals surface area contributed by atoms with Gasteiger partial charge in [0.15, 0.2) is 0 Å². The van der Waals surface area contributed by atoms with E-state index < -0.39 is 0 Å². The summed E-state index contributed by atoms with van der Waals surface area (Å²) < 4.78 is 7.83. The maximum absolute atomic E-state index is 5.06. The van der Waals surface area contributed by atoms with Gasteiger partial charge in [-0.3, -0.25) is 0 Å². The first-order valence-electron chi connectivity index (χ1n) is 3.44. The number of nitrogens with one attached hydrogen (secondary N) is 2. The van der Waals surface area contributed by atoms with Gasteiger partial charge in [-0.1, -0.05) is 12.2 Å². The lowest BCUT2D eigenvalue weighted by atomic mass is 10.5. The van der Waals surface area contributed by atoms with Crippen molar-refractivity contribution in [2.24, 2.45) is 0 Å². The molecule has 7 heteroatoms. The second-order valence-corrected chi connectivity index (χ2v) is 3.15. The van der Waals surface area contributed by atoms with E-state index in [0.29, 0.717) is 16.6 Å². The van der Waals surface area contributed by atoms with Gasteiger partial charge in [-0.15, -0.1) is 0 Å². The predicted molar refractivity (Wildman–Crippen MR) is 53.8 cm³/mol. The Morgan fingerprint density at radius 3 is 3.15 bits per heavy atom. The molecule has 66 valence electrons. The van der Waals surface area contributed by atoms with Gasteiger partial charge in [0.05, 0.1) is 17.9 Å². The van der Waals surface area contributed by atoms with Crippen LogP contribution in [0.5, 0.6) is 0 Å². The first-order valence-corrected chi connectivity index (χ1v) is 4.58. The largest absolute Gasteiger partial charge is 0.331 e. The maximum Gasteiger partial charge on any atom is 0.205 e. The fraction of sp³-hybridized carbons (Fsp3) is 0. The number of rotatable bonds is 2. The average Bonchev–Trinajstić information content (AvgIpc) is 2.74. The third kappa shape index (κ3) is 1.87. The molecule has 0 aliphatic rings. The van der Waals surface area contributed by atoms with Crippen LogP contribution in [0.25, 0.3) is 0 Å². The summed E-state index contributed by atoms with van der Waals surface area (Å²) in [4.78, 5) is 7.36. The van der Waals surface area contributed by atoms with Gasteiger partial charge in [0.2, 0.25) is 5.95 Å². The third-order valence-electron chi connectivity index (χ3n) is 1.32. The summed E-state index contributed by atoms with van der Waals surface area (Å²) in [5, 5.41) is 2.89. The van der Waals surface area contributed by atoms with Crippen LogP contribution in [0, 0.1) is 0 Å². The zero-order chi connectivity index (χ0) is 9.10. The Bertz CT molecular complexity index is 379. The van der Waals surface area contributed by atoms with Gasteiger partial charge in [0, 0.05) is 12.4 Å². The molecule has 0 aliphatic carbocycles. The van der Waals surface area contributed by atoms with Crippen molar-refractivity contribution in [1.29, 1.82) is 0 Å². The second-order valence-electron chi connectivity index (χ2n) is 2.18. The lowest BCUT2D eigenvalue weighted by Crippen LogP contribution is -2.11. The molecule has 13 heavy (non-hydrogen) atoms. The number of nitrogens with zero attached hydrogens (tertiary/aromatic N) is 3. The van der Waals surface area contributed by atoms with Crippen molar-refractivity contribution in [2.45, 2.75) is 0 Å². The molecular weight excluding hydrogens is 206 g/mol. The number of imidazole rings is 1. The smallest absolute Gasteiger partial charge is 0.205 e. The summed E-state index contributed by atoms with van der Waals surface area (Å²) in [7, 11) is 0. The molecule has 0 saturated heterocycles. The Kier molecular flexibility index (Phi) is 2.28. The van der Waals surface area contributed by atoms with E-state index in [1.54, 1.807) is 18.6 Å². The molecule has 0 aromatic carbocycles. The van der Waals surface area contributed by atoms with Gasteiger partial charge in [-0.2, -0.15) is 8.75 Å². The van der Waals surface area contributed by atoms with E-state index in [0.717, 1.165) is 11.7 Å². The second kappa shape index (κ2) is 3.58. The molecule has 0 fully saturated rings. The van der Waals surface area contributed by atoms with E-state index in [4.69, 9.17) is 12.2 Å². The highest BCUT2D eigenvalue weighted by Crippen LogP contribution is 2.02. The average molecular weight is 211 g/mol. The third-order valence-corrected chi connectivity index (χ3v) is 2.11. The molecule has 2 aromatic heterocycles. The summed E-state index contributed by atoms with van der Waals surface area (Å²) >= 11 is 6.18. The van der Waals surface area contributed by atoms with Crippen LogP contribution < -0.4 is 5.32 Å². The van der Waals surface area contributed by atoms with Crippen molar-refractivity contribution in [3.05, 3.63) is 24.3 Å². The van der Waals surface area contributed by atoms with Crippen molar-refractivity contribution in [3.8, 4) is 0 Å². The highest BCUT2D eigenvalue weighted by atomic mass is 32.1. The zero-order valence-electron chi connectivity index (χ0n) is 6.39. The summed E-state index contributed by atoms with van der Waals surface area (Å²) in [6.45, 7) is 0. The monoisotopic (exact) mass is 211 g/mol. The minimum Gasteiger partial charge on any atom is -0.331 e. The highest BCUT2D eigenvalue weighted by Gasteiger charge is 2.04. The summed E-state index contributed by atoms with van der Waals surface area (Å²) in [5.74, 6) is 0.609. The van der Waals surface area contributed by atoms with Gasteiger partial charge in [0.25, 0.3) is 0 Å². The van der Waals surface area contributed by atoms with Crippen molar-refractivity contribution < 1.29 is 0 Å². The molecule has 5 nitrogen and oxygen atoms in total. The quantitative estimate of drug-likeness (QED) is 0.727. The zero-order valence-corrected chi connectivity index (χ0v) is 8.02. The number of aromatic nitrogens is 4. The molecule has 2 rings (SSSR count). The number of hydrogen-bond donors (Lipinski definition) is 2. The van der Waals surface area contributed by atoms with Crippen molar-refractivity contribution in [3.63, 3.8) is 0 Å². The molecule has 0 amide bonds. The Morgan fingerprint density at radius 1 is 1.62 bits per heavy atom. The fourth-order valence-corrected chi connectivity index (χ4v) is 1.44. The summed E-state index contributed by atoms with van der Waals surface area (Å²) in [6, 6.07) is 0. The minimum absolute atomic E-state index is 0.517. The molecular formula is C6H5N5S2. The van der Waals surface area contributed by atoms with Gasteiger partial charge < -0.3 is 10.3 Å². The first-order chi connectivity index (χ1) is 6.36. The Hall–Kier alpha value is -1.34. The van der Waals surface area contributed by atoms with Crippen LogP contribution in [0.2, 0.25) is 0 Å². The van der Waals surface area contributed by atoms with Crippen LogP contribution in [-0.2, 0) is 0 Å². The standard InChI is InChI=1S/C6H5N5S2/c12-5(4-3-9-13-11-4)10-6-7-1-2-8-6/h1-3H,(H2,7,8,10,12). The number of H-pyrrole nitrogens is 1. The molecule has 0 saturated carbocycles. The summed E-state index contributed by atoms with van der Waals surface area (Å²) in [6.07, 6.45) is 4.97. The maximum atomic E-state index is 5.06. The molecule has 0 spiro atoms. The van der Waals surface area contributed by atoms with Gasteiger partial charge >= 0.3 is 0 Å². The first kappa shape index (κ1) is 8.27. The number of hydrogen-bond acceptors (Lipinski definition) is 5. The van der Waals surface area contributed by atoms with Crippen LogP contribution in [0.3, 0.4) is 0 Å². The fourth-order valence-electron chi connectivity index (χ4n) is 0.770. The number of aromatic amines is 1. The van der Waals surface area contributed by atoms with Gasteiger partial charge in [-0.05, 0) is 0 Å². The molecule has 2 heterocycles. The molecule has 2 N–H and O–H groups in total. The molecule has 0 aliphatic heterocycles. The Labute approximate surface area is 83.6 Å². The molecule has 0 unspecified atom stereocenters. The van der Waals surface area contributed by atoms with Crippen molar-refractivity contribution in [2.75, 3.05) is 5.32 Å². The Morgan fingerprint density at radius 2 is 2.54 bits per heavy atom. The van der Waals surface area contributed by atoms with Gasteiger partial charge in [-0.25, -0.2) is 4.98 Å². The van der Waals surface area contributed by atoms with Crippen molar-refractivity contribution >= 4 is 34.9 Å². The van der Waals surface area contributed by atoms with E-state index in [9.17, 15) is 0 Å². The van der Waals surface area contributed by atoms with Crippen LogP contribution in [-0.4, -0.2) is 23.7 Å². The summed E-state index contributed by atoms with van der Waals surface area (Å²) in [5.41, 5.74) is 0.663. The Balaban J connectivity index is 2.08. The molecule has 0 atom stereocenters. The van der Waals surface area contributed by atoms with E-state index >= 15 is 0 Å². The van der Waals surface area contributed by atoms with Crippen molar-refractivity contribution in [1.82, 2.24) is 18.7 Å². The lowest BCUT2D eigenvalue weighted by molar-refractivity contribution is 1.30. The van der Waals surface area contributed by atoms with Crippen LogP contribution in [0.4, 0.5) is 5.95 Å². The highest BCUT2D eigenvalue weighted by molar-refractivity contribution is 7.81. The van der Waals surface area contributed by atoms with Crippen LogP contribution in [0.1, 0.15) is 5.69 Å². The van der Waals surface area contributed by atoms with Crippen LogP contribution in [0.15, 0.2) is 18.6 Å².